The molecule has 0 radical (unpaired) electrons. The number of hydrogen-bond acceptors (Lipinski definition) is 5. The number of benzene rings is 1. The number of ether oxygens (including phenoxy) is 1. The van der Waals surface area contributed by atoms with E-state index in [-0.39, 0.29) is 34.9 Å². The van der Waals surface area contributed by atoms with Crippen molar-refractivity contribution in [2.24, 2.45) is 17.3 Å². The van der Waals surface area contributed by atoms with Crippen LogP contribution in [0.4, 0.5) is 0 Å². The number of rotatable bonds is 6. The molecule has 0 spiro atoms. The van der Waals surface area contributed by atoms with E-state index in [2.05, 4.69) is 26.0 Å². The van der Waals surface area contributed by atoms with Crippen LogP contribution >= 0.6 is 11.8 Å². The summed E-state index contributed by atoms with van der Waals surface area (Å²) in [5.74, 6) is 1.39. The summed E-state index contributed by atoms with van der Waals surface area (Å²) in [7, 11) is 0. The van der Waals surface area contributed by atoms with Gasteiger partial charge in [-0.15, -0.1) is 0 Å². The van der Waals surface area contributed by atoms with Gasteiger partial charge in [0.1, 0.15) is 12.4 Å². The average Bonchev–Trinajstić information content (AvgIpc) is 3.03. The van der Waals surface area contributed by atoms with Crippen LogP contribution in [0.25, 0.3) is 0 Å². The van der Waals surface area contributed by atoms with Crippen molar-refractivity contribution in [3.63, 3.8) is 0 Å². The molecule has 146 valence electrons. The first-order valence-corrected chi connectivity index (χ1v) is 10.6. The lowest BCUT2D eigenvalue weighted by Gasteiger charge is -2.03. The van der Waals surface area contributed by atoms with Crippen molar-refractivity contribution in [2.45, 2.75) is 33.3 Å². The highest BCUT2D eigenvalue weighted by Gasteiger charge is 2.61. The molecule has 0 N–H and O–H groups in total. The third-order valence-electron chi connectivity index (χ3n) is 5.72. The highest BCUT2D eigenvalue weighted by atomic mass is 32.2. The minimum Gasteiger partial charge on any atom is -0.469 e. The van der Waals surface area contributed by atoms with E-state index in [1.165, 1.54) is 17.3 Å². The molecule has 2 aliphatic rings. The van der Waals surface area contributed by atoms with E-state index in [9.17, 15) is 9.59 Å². The minimum atomic E-state index is -0.198. The summed E-state index contributed by atoms with van der Waals surface area (Å²) in [6.07, 6.45) is 5.17. The third-order valence-corrected chi connectivity index (χ3v) is 6.66. The minimum absolute atomic E-state index is 0.0793. The highest BCUT2D eigenvalue weighted by molar-refractivity contribution is 8.14. The molecule has 2 aromatic rings. The Labute approximate surface area is 169 Å². The molecule has 4 nitrogen and oxygen atoms in total. The number of hydrogen-bond donors (Lipinski definition) is 0. The van der Waals surface area contributed by atoms with Crippen LogP contribution in [-0.2, 0) is 27.4 Å². The van der Waals surface area contributed by atoms with Crippen molar-refractivity contribution >= 4 is 22.8 Å². The van der Waals surface area contributed by atoms with Gasteiger partial charge in [-0.1, -0.05) is 62.0 Å². The number of esters is 1. The summed E-state index contributed by atoms with van der Waals surface area (Å²) < 4.78 is 11.2. The largest absolute Gasteiger partial charge is 0.469 e. The van der Waals surface area contributed by atoms with E-state index >= 15 is 0 Å². The molecule has 2 heterocycles. The number of furan rings is 1. The zero-order valence-corrected chi connectivity index (χ0v) is 17.0. The molecular weight excluding hydrogens is 372 g/mol. The van der Waals surface area contributed by atoms with E-state index in [4.69, 9.17) is 9.15 Å². The van der Waals surface area contributed by atoms with Crippen LogP contribution in [0, 0.1) is 17.3 Å². The Balaban J connectivity index is 1.33. The number of allylic oxidation sites excluding steroid dienone is 1. The fraction of sp³-hybridized carbons (Fsp3) is 0.391. The Hall–Kier alpha value is -2.27. The normalized spacial score (nSPS) is 24.5. The molecule has 4 rings (SSSR count). The van der Waals surface area contributed by atoms with Crippen LogP contribution < -0.4 is 0 Å². The van der Waals surface area contributed by atoms with Crippen molar-refractivity contribution in [1.82, 2.24) is 0 Å². The predicted molar refractivity (Wildman–Crippen MR) is 109 cm³/mol. The molecule has 5 heteroatoms. The van der Waals surface area contributed by atoms with Gasteiger partial charge in [0.2, 0.25) is 5.12 Å². The van der Waals surface area contributed by atoms with Crippen LogP contribution in [0.1, 0.15) is 37.2 Å². The van der Waals surface area contributed by atoms with E-state index < -0.39 is 0 Å². The second-order valence-corrected chi connectivity index (χ2v) is 9.16. The van der Waals surface area contributed by atoms with E-state index in [1.807, 2.05) is 30.3 Å². The van der Waals surface area contributed by atoms with Crippen LogP contribution in [-0.4, -0.2) is 16.8 Å². The Morgan fingerprint density at radius 2 is 2.07 bits per heavy atom. The van der Waals surface area contributed by atoms with Crippen molar-refractivity contribution in [1.29, 1.82) is 0 Å². The molecule has 2 fully saturated rings. The van der Waals surface area contributed by atoms with Gasteiger partial charge < -0.3 is 9.15 Å². The lowest BCUT2D eigenvalue weighted by Crippen LogP contribution is -2.10. The average molecular weight is 397 g/mol. The topological polar surface area (TPSA) is 56.5 Å². The van der Waals surface area contributed by atoms with Gasteiger partial charge in [0, 0.05) is 23.3 Å². The molecule has 1 aromatic heterocycles. The summed E-state index contributed by atoms with van der Waals surface area (Å²) in [5.41, 5.74) is 2.73. The van der Waals surface area contributed by atoms with Crippen LogP contribution in [0.5, 0.6) is 0 Å². The maximum atomic E-state index is 12.6. The fourth-order valence-electron chi connectivity index (χ4n) is 3.89. The smallest absolute Gasteiger partial charge is 0.310 e. The first-order chi connectivity index (χ1) is 13.4. The molecule has 1 aromatic carbocycles. The zero-order valence-electron chi connectivity index (χ0n) is 16.1. The van der Waals surface area contributed by atoms with Gasteiger partial charge in [-0.05, 0) is 29.4 Å². The van der Waals surface area contributed by atoms with Gasteiger partial charge in [-0.2, -0.15) is 0 Å². The Morgan fingerprint density at radius 3 is 2.79 bits per heavy atom. The predicted octanol–water partition coefficient (Wildman–Crippen LogP) is 4.78. The van der Waals surface area contributed by atoms with Crippen LogP contribution in [0.2, 0.25) is 0 Å². The molecule has 1 aliphatic heterocycles. The summed E-state index contributed by atoms with van der Waals surface area (Å²) in [4.78, 5) is 24.4. The van der Waals surface area contributed by atoms with E-state index in [1.54, 1.807) is 6.26 Å². The lowest BCUT2D eigenvalue weighted by atomic mass is 10.1. The number of carbonyl (C=O) groups excluding carboxylic acids is 2. The first-order valence-electron chi connectivity index (χ1n) is 9.60. The summed E-state index contributed by atoms with van der Waals surface area (Å²) in [6, 6.07) is 12.0. The summed E-state index contributed by atoms with van der Waals surface area (Å²) in [5, 5.41) is 0.152. The Bertz CT molecular complexity index is 910. The maximum absolute atomic E-state index is 12.6. The molecular formula is C23H24O4S. The highest BCUT2D eigenvalue weighted by Crippen LogP contribution is 2.60. The second-order valence-electron chi connectivity index (χ2n) is 8.09. The van der Waals surface area contributed by atoms with Crippen molar-refractivity contribution in [3.05, 3.63) is 71.2 Å². The van der Waals surface area contributed by atoms with Crippen molar-refractivity contribution < 1.29 is 18.7 Å². The quantitative estimate of drug-likeness (QED) is 0.520. The molecule has 28 heavy (non-hydrogen) atoms. The second kappa shape index (κ2) is 7.63. The SMILES string of the molecule is CC1(C)C(/C=C2\CCSC2=O)[C@H]1C(=O)OCc1coc(Cc2ccccc2)c1. The Morgan fingerprint density at radius 1 is 1.29 bits per heavy atom. The molecule has 0 bridgehead atoms. The summed E-state index contributed by atoms with van der Waals surface area (Å²) in [6.45, 7) is 4.33. The van der Waals surface area contributed by atoms with E-state index in [0.29, 0.717) is 6.42 Å². The van der Waals surface area contributed by atoms with Crippen LogP contribution in [0.3, 0.4) is 0 Å². The van der Waals surface area contributed by atoms with Crippen LogP contribution in [0.15, 0.2) is 58.7 Å². The van der Waals surface area contributed by atoms with Gasteiger partial charge in [0.25, 0.3) is 0 Å². The van der Waals surface area contributed by atoms with Crippen molar-refractivity contribution in [2.75, 3.05) is 5.75 Å². The van der Waals surface area contributed by atoms with Gasteiger partial charge in [0.15, 0.2) is 0 Å². The van der Waals surface area contributed by atoms with Gasteiger partial charge >= 0.3 is 5.97 Å². The molecule has 1 aliphatic carbocycles. The first kappa shape index (κ1) is 19.1. The molecule has 0 amide bonds. The fourth-order valence-corrected chi connectivity index (χ4v) is 4.75. The number of carbonyl (C=O) groups is 2. The molecule has 2 atom stereocenters. The standard InChI is InChI=1S/C23H24O4S/c1-23(2)19(12-17-8-9-28-22(17)25)20(23)21(24)27-14-16-11-18(26-13-16)10-15-6-4-3-5-7-15/h3-7,11-13,19-20H,8-10,14H2,1-2H3/b17-12+/t19?,20-/m0/s1. The summed E-state index contributed by atoms with van der Waals surface area (Å²) >= 11 is 1.36. The zero-order chi connectivity index (χ0) is 19.7. The Kier molecular flexibility index (Phi) is 5.19. The third kappa shape index (κ3) is 3.95. The van der Waals surface area contributed by atoms with Gasteiger partial charge in [-0.25, -0.2) is 0 Å². The lowest BCUT2D eigenvalue weighted by molar-refractivity contribution is -0.147. The molecule has 1 unspecified atom stereocenters. The number of thioether (sulfide) groups is 1. The molecule has 1 saturated carbocycles. The van der Waals surface area contributed by atoms with Crippen molar-refractivity contribution in [3.8, 4) is 0 Å². The molecule has 1 saturated heterocycles. The van der Waals surface area contributed by atoms with Gasteiger partial charge in [0.05, 0.1) is 12.2 Å². The monoisotopic (exact) mass is 396 g/mol. The maximum Gasteiger partial charge on any atom is 0.310 e. The van der Waals surface area contributed by atoms with Gasteiger partial charge in [-0.3, -0.25) is 9.59 Å². The van der Waals surface area contributed by atoms with E-state index in [0.717, 1.165) is 29.1 Å².